The van der Waals surface area contributed by atoms with Crippen molar-refractivity contribution < 1.29 is 14.6 Å². The Balaban J connectivity index is 2.48. The van der Waals surface area contributed by atoms with Crippen LogP contribution in [-0.2, 0) is 0 Å². The molecule has 0 amide bonds. The zero-order valence-electron chi connectivity index (χ0n) is 8.07. The second-order valence-corrected chi connectivity index (χ2v) is 4.10. The lowest BCUT2D eigenvalue weighted by Gasteiger charge is -2.23. The summed E-state index contributed by atoms with van der Waals surface area (Å²) in [5.41, 5.74) is 6.09. The van der Waals surface area contributed by atoms with E-state index in [4.69, 9.17) is 15.2 Å². The van der Waals surface area contributed by atoms with Gasteiger partial charge in [0, 0.05) is 12.1 Å². The molecule has 82 valence electrons. The van der Waals surface area contributed by atoms with E-state index in [2.05, 4.69) is 15.9 Å². The summed E-state index contributed by atoms with van der Waals surface area (Å²) in [7, 11) is 0. The second kappa shape index (κ2) is 4.38. The van der Waals surface area contributed by atoms with Gasteiger partial charge in [-0.15, -0.1) is 0 Å². The van der Waals surface area contributed by atoms with Crippen LogP contribution in [0.3, 0.4) is 0 Å². The molecule has 0 aromatic heterocycles. The fraction of sp³-hybridized carbons (Fsp3) is 0.400. The van der Waals surface area contributed by atoms with Crippen LogP contribution in [-0.4, -0.2) is 24.9 Å². The number of rotatable bonds is 2. The fourth-order valence-corrected chi connectivity index (χ4v) is 1.94. The van der Waals surface area contributed by atoms with Crippen LogP contribution in [0.4, 0.5) is 0 Å². The van der Waals surface area contributed by atoms with Crippen LogP contribution >= 0.6 is 15.9 Å². The van der Waals surface area contributed by atoms with Gasteiger partial charge < -0.3 is 20.3 Å². The highest BCUT2D eigenvalue weighted by molar-refractivity contribution is 9.10. The third kappa shape index (κ3) is 1.95. The molecule has 15 heavy (non-hydrogen) atoms. The van der Waals surface area contributed by atoms with Crippen molar-refractivity contribution in [1.29, 1.82) is 0 Å². The quantitative estimate of drug-likeness (QED) is 0.850. The van der Waals surface area contributed by atoms with Gasteiger partial charge in [-0.25, -0.2) is 0 Å². The van der Waals surface area contributed by atoms with Crippen molar-refractivity contribution in [3.63, 3.8) is 0 Å². The minimum atomic E-state index is -0.714. The van der Waals surface area contributed by atoms with Crippen LogP contribution in [0.2, 0.25) is 0 Å². The summed E-state index contributed by atoms with van der Waals surface area (Å²) in [6, 6.07) is 3.61. The summed E-state index contributed by atoms with van der Waals surface area (Å²) >= 11 is 3.37. The van der Waals surface area contributed by atoms with Gasteiger partial charge in [0.1, 0.15) is 13.2 Å². The van der Waals surface area contributed by atoms with Crippen LogP contribution in [0.1, 0.15) is 11.7 Å². The molecule has 1 aliphatic heterocycles. The number of nitrogens with two attached hydrogens (primary N) is 1. The van der Waals surface area contributed by atoms with Crippen LogP contribution < -0.4 is 15.2 Å². The Bertz CT molecular complexity index is 370. The third-order valence-electron chi connectivity index (χ3n) is 2.25. The number of halogens is 1. The van der Waals surface area contributed by atoms with Crippen molar-refractivity contribution in [2.45, 2.75) is 6.10 Å². The zero-order valence-corrected chi connectivity index (χ0v) is 9.66. The molecule has 1 unspecified atom stereocenters. The van der Waals surface area contributed by atoms with Gasteiger partial charge in [-0.2, -0.15) is 0 Å². The van der Waals surface area contributed by atoms with Gasteiger partial charge in [0.05, 0.1) is 10.6 Å². The van der Waals surface area contributed by atoms with Crippen molar-refractivity contribution in [2.24, 2.45) is 5.73 Å². The molecular formula is C10H12BrNO3. The van der Waals surface area contributed by atoms with Gasteiger partial charge in [0.2, 0.25) is 0 Å². The molecule has 0 radical (unpaired) electrons. The summed E-state index contributed by atoms with van der Waals surface area (Å²) in [6.45, 7) is 1.18. The number of benzene rings is 1. The Morgan fingerprint density at radius 3 is 2.67 bits per heavy atom. The summed E-state index contributed by atoms with van der Waals surface area (Å²) in [4.78, 5) is 0. The first kappa shape index (κ1) is 10.7. The van der Waals surface area contributed by atoms with Gasteiger partial charge in [-0.05, 0) is 22.0 Å². The Kier molecular flexibility index (Phi) is 3.14. The predicted octanol–water partition coefficient (Wildman–Crippen LogP) is 1.21. The molecule has 1 aromatic carbocycles. The zero-order chi connectivity index (χ0) is 10.8. The molecule has 0 saturated heterocycles. The molecule has 1 atom stereocenters. The van der Waals surface area contributed by atoms with Crippen molar-refractivity contribution in [3.8, 4) is 11.5 Å². The maximum atomic E-state index is 9.70. The van der Waals surface area contributed by atoms with Crippen LogP contribution in [0.5, 0.6) is 11.5 Å². The van der Waals surface area contributed by atoms with Crippen LogP contribution in [0.25, 0.3) is 0 Å². The first-order valence-electron chi connectivity index (χ1n) is 4.70. The van der Waals surface area contributed by atoms with Crippen molar-refractivity contribution in [1.82, 2.24) is 0 Å². The molecule has 3 N–H and O–H groups in total. The molecule has 1 aromatic rings. The third-order valence-corrected chi connectivity index (χ3v) is 2.88. The molecule has 0 aliphatic carbocycles. The van der Waals surface area contributed by atoms with Gasteiger partial charge in [0.15, 0.2) is 11.5 Å². The van der Waals surface area contributed by atoms with E-state index in [9.17, 15) is 5.11 Å². The van der Waals surface area contributed by atoms with Crippen LogP contribution in [0.15, 0.2) is 16.6 Å². The van der Waals surface area contributed by atoms with E-state index in [1.54, 1.807) is 6.07 Å². The largest absolute Gasteiger partial charge is 0.486 e. The standard InChI is InChI=1S/C10H12BrNO3/c11-7-2-1-6(8(13)5-12)9-10(7)15-4-3-14-9/h1-2,8,13H,3-5,12H2. The van der Waals surface area contributed by atoms with Crippen molar-refractivity contribution in [2.75, 3.05) is 19.8 Å². The van der Waals surface area contributed by atoms with E-state index in [0.717, 1.165) is 4.47 Å². The van der Waals surface area contributed by atoms with Gasteiger partial charge >= 0.3 is 0 Å². The van der Waals surface area contributed by atoms with E-state index in [1.807, 2.05) is 6.07 Å². The van der Waals surface area contributed by atoms with Gasteiger partial charge in [-0.1, -0.05) is 6.07 Å². The molecule has 1 heterocycles. The highest BCUT2D eigenvalue weighted by atomic mass is 79.9. The minimum absolute atomic E-state index is 0.164. The fourth-order valence-electron chi connectivity index (χ4n) is 1.51. The van der Waals surface area contributed by atoms with E-state index in [1.165, 1.54) is 0 Å². The van der Waals surface area contributed by atoms with E-state index >= 15 is 0 Å². The molecule has 0 saturated carbocycles. The van der Waals surface area contributed by atoms with Gasteiger partial charge in [0.25, 0.3) is 0 Å². The van der Waals surface area contributed by atoms with Crippen molar-refractivity contribution >= 4 is 15.9 Å². The number of hydrogen-bond donors (Lipinski definition) is 2. The molecule has 4 nitrogen and oxygen atoms in total. The first-order chi connectivity index (χ1) is 7.24. The molecule has 2 rings (SSSR count). The van der Waals surface area contributed by atoms with E-state index in [-0.39, 0.29) is 6.54 Å². The number of aliphatic hydroxyl groups excluding tert-OH is 1. The SMILES string of the molecule is NCC(O)c1ccc(Br)c2c1OCCO2. The number of fused-ring (bicyclic) bond motifs is 1. The van der Waals surface area contributed by atoms with E-state index in [0.29, 0.717) is 30.3 Å². The summed E-state index contributed by atoms with van der Waals surface area (Å²) in [6.07, 6.45) is -0.714. The Morgan fingerprint density at radius 1 is 1.33 bits per heavy atom. The van der Waals surface area contributed by atoms with Gasteiger partial charge in [-0.3, -0.25) is 0 Å². The average molecular weight is 274 g/mol. The summed E-state index contributed by atoms with van der Waals surface area (Å²) < 4.78 is 11.8. The topological polar surface area (TPSA) is 64.7 Å². The summed E-state index contributed by atoms with van der Waals surface area (Å²) in [5, 5.41) is 9.70. The Hall–Kier alpha value is -0.780. The molecule has 0 fully saturated rings. The molecule has 1 aliphatic rings. The molecule has 5 heteroatoms. The monoisotopic (exact) mass is 273 g/mol. The van der Waals surface area contributed by atoms with E-state index < -0.39 is 6.10 Å². The predicted molar refractivity (Wildman–Crippen MR) is 59.1 cm³/mol. The first-order valence-corrected chi connectivity index (χ1v) is 5.49. The number of aliphatic hydroxyl groups is 1. The Morgan fingerprint density at radius 2 is 2.00 bits per heavy atom. The number of hydrogen-bond acceptors (Lipinski definition) is 4. The molecule has 0 bridgehead atoms. The minimum Gasteiger partial charge on any atom is -0.486 e. The maximum Gasteiger partial charge on any atom is 0.175 e. The number of ether oxygens (including phenoxy) is 2. The molecule has 0 spiro atoms. The van der Waals surface area contributed by atoms with Crippen LogP contribution in [0, 0.1) is 0 Å². The lowest BCUT2D eigenvalue weighted by atomic mass is 10.1. The highest BCUT2D eigenvalue weighted by Gasteiger charge is 2.22. The lowest BCUT2D eigenvalue weighted by Crippen LogP contribution is -2.19. The Labute approximate surface area is 96.1 Å². The smallest absolute Gasteiger partial charge is 0.175 e. The summed E-state index contributed by atoms with van der Waals surface area (Å²) in [5.74, 6) is 1.24. The normalized spacial score (nSPS) is 16.2. The lowest BCUT2D eigenvalue weighted by molar-refractivity contribution is 0.148. The van der Waals surface area contributed by atoms with Crippen molar-refractivity contribution in [3.05, 3.63) is 22.2 Å². The second-order valence-electron chi connectivity index (χ2n) is 3.24. The highest BCUT2D eigenvalue weighted by Crippen LogP contribution is 2.42. The maximum absolute atomic E-state index is 9.70. The average Bonchev–Trinajstić information content (AvgIpc) is 2.29. The molecular weight excluding hydrogens is 262 g/mol.